The number of fused-ring (bicyclic) bond motifs is 3. The molecule has 3 aromatic rings. The molecule has 23 heavy (non-hydrogen) atoms. The Kier molecular flexibility index (Phi) is 2.75. The third-order valence-corrected chi connectivity index (χ3v) is 3.93. The van der Waals surface area contributed by atoms with Crippen LogP contribution in [0, 0.1) is 0 Å². The van der Waals surface area contributed by atoms with Gasteiger partial charge in [0.25, 0.3) is 0 Å². The van der Waals surface area contributed by atoms with Crippen molar-refractivity contribution in [2.24, 2.45) is 10.7 Å². The lowest BCUT2D eigenvalue weighted by Gasteiger charge is -2.23. The van der Waals surface area contributed by atoms with Crippen LogP contribution in [0.15, 0.2) is 41.7 Å². The summed E-state index contributed by atoms with van der Waals surface area (Å²) < 4.78 is 3.99. The van der Waals surface area contributed by atoms with Crippen molar-refractivity contribution >= 4 is 22.9 Å². The van der Waals surface area contributed by atoms with Gasteiger partial charge in [0.2, 0.25) is 5.95 Å². The van der Waals surface area contributed by atoms with Crippen LogP contribution in [-0.4, -0.2) is 25.3 Å². The van der Waals surface area contributed by atoms with Gasteiger partial charge in [-0.3, -0.25) is 14.6 Å². The lowest BCUT2D eigenvalue weighted by atomic mass is 10.1. The fraction of sp³-hybridized carbons (Fsp3) is 0.312. The Balaban J connectivity index is 1.89. The van der Waals surface area contributed by atoms with Gasteiger partial charge in [-0.25, -0.2) is 9.98 Å². The van der Waals surface area contributed by atoms with Crippen molar-refractivity contribution in [3.63, 3.8) is 0 Å². The number of nitrogens with zero attached hydrogens (tertiary/aromatic N) is 5. The highest BCUT2D eigenvalue weighted by Crippen LogP contribution is 2.32. The van der Waals surface area contributed by atoms with Gasteiger partial charge in [0.1, 0.15) is 0 Å². The fourth-order valence-electron chi connectivity index (χ4n) is 2.78. The molecule has 1 aromatic carbocycles. The Bertz CT molecular complexity index is 910. The molecular formula is C16H19N7. The predicted octanol–water partition coefficient (Wildman–Crippen LogP) is 2.27. The summed E-state index contributed by atoms with van der Waals surface area (Å²) in [5, 5.41) is 7.52. The summed E-state index contributed by atoms with van der Waals surface area (Å²) in [5.74, 6) is 1.06. The number of hydrogen-bond acceptors (Lipinski definition) is 5. The van der Waals surface area contributed by atoms with Crippen LogP contribution < -0.4 is 11.1 Å². The monoisotopic (exact) mass is 309 g/mol. The Morgan fingerprint density at radius 3 is 2.74 bits per heavy atom. The number of imidazole rings is 1. The fourth-order valence-corrected chi connectivity index (χ4v) is 2.78. The first-order valence-corrected chi connectivity index (χ1v) is 7.56. The molecule has 7 heteroatoms. The first-order valence-electron chi connectivity index (χ1n) is 7.56. The normalized spacial score (nSPS) is 17.7. The van der Waals surface area contributed by atoms with Crippen molar-refractivity contribution in [1.82, 2.24) is 19.3 Å². The number of rotatable bonds is 1. The van der Waals surface area contributed by atoms with Gasteiger partial charge in [0.05, 0.1) is 22.8 Å². The number of guanidine groups is 1. The van der Waals surface area contributed by atoms with E-state index in [1.54, 1.807) is 0 Å². The molecule has 1 aliphatic heterocycles. The van der Waals surface area contributed by atoms with Crippen molar-refractivity contribution in [3.8, 4) is 0 Å². The molecule has 7 nitrogen and oxygen atoms in total. The first-order chi connectivity index (χ1) is 10.9. The van der Waals surface area contributed by atoms with Gasteiger partial charge < -0.3 is 5.73 Å². The zero-order valence-electron chi connectivity index (χ0n) is 13.4. The van der Waals surface area contributed by atoms with E-state index in [4.69, 9.17) is 5.73 Å². The summed E-state index contributed by atoms with van der Waals surface area (Å²) in [6.07, 6.45) is 3.59. The number of para-hydroxylation sites is 2. The maximum Gasteiger partial charge on any atom is 0.212 e. The van der Waals surface area contributed by atoms with E-state index in [1.807, 2.05) is 41.3 Å². The highest BCUT2D eigenvalue weighted by atomic mass is 15.4. The van der Waals surface area contributed by atoms with E-state index in [1.165, 1.54) is 0 Å². The summed E-state index contributed by atoms with van der Waals surface area (Å²) in [6, 6.07) is 7.98. The van der Waals surface area contributed by atoms with Crippen molar-refractivity contribution in [1.29, 1.82) is 0 Å². The molecule has 0 fully saturated rings. The second-order valence-corrected chi connectivity index (χ2v) is 6.70. The molecule has 118 valence electrons. The molecule has 3 N–H and O–H groups in total. The minimum Gasteiger partial charge on any atom is -0.370 e. The average molecular weight is 309 g/mol. The lowest BCUT2D eigenvalue weighted by molar-refractivity contribution is 0.355. The summed E-state index contributed by atoms with van der Waals surface area (Å²) in [7, 11) is 0. The molecule has 0 spiro atoms. The summed E-state index contributed by atoms with van der Waals surface area (Å²) >= 11 is 0. The Hall–Kier alpha value is -2.83. The summed E-state index contributed by atoms with van der Waals surface area (Å²) in [4.78, 5) is 9.16. The van der Waals surface area contributed by atoms with E-state index in [0.717, 1.165) is 16.6 Å². The highest BCUT2D eigenvalue weighted by Gasteiger charge is 2.27. The van der Waals surface area contributed by atoms with Crippen LogP contribution in [0.5, 0.6) is 0 Å². The molecule has 0 radical (unpaired) electrons. The molecule has 0 saturated carbocycles. The maximum absolute atomic E-state index is 5.95. The van der Waals surface area contributed by atoms with E-state index in [-0.39, 0.29) is 11.7 Å². The molecule has 0 amide bonds. The van der Waals surface area contributed by atoms with Gasteiger partial charge in [0.15, 0.2) is 12.1 Å². The Morgan fingerprint density at radius 1 is 1.22 bits per heavy atom. The van der Waals surface area contributed by atoms with Gasteiger partial charge in [-0.05, 0) is 32.9 Å². The topological polar surface area (TPSA) is 86.0 Å². The number of benzene rings is 1. The molecular weight excluding hydrogens is 290 g/mol. The second kappa shape index (κ2) is 4.58. The van der Waals surface area contributed by atoms with Crippen molar-refractivity contribution in [2.75, 3.05) is 5.32 Å². The Labute approximate surface area is 133 Å². The van der Waals surface area contributed by atoms with Gasteiger partial charge in [-0.1, -0.05) is 12.1 Å². The van der Waals surface area contributed by atoms with Crippen LogP contribution in [0.2, 0.25) is 0 Å². The molecule has 2 aromatic heterocycles. The van der Waals surface area contributed by atoms with E-state index in [2.05, 4.69) is 45.7 Å². The van der Waals surface area contributed by atoms with Crippen molar-refractivity contribution in [3.05, 3.63) is 42.2 Å². The molecule has 1 unspecified atom stereocenters. The van der Waals surface area contributed by atoms with Crippen LogP contribution in [0.3, 0.4) is 0 Å². The van der Waals surface area contributed by atoms with Crippen LogP contribution in [0.4, 0.5) is 5.95 Å². The number of aromatic nitrogens is 4. The molecule has 0 aliphatic carbocycles. The number of nitrogens with two attached hydrogens (primary N) is 1. The van der Waals surface area contributed by atoms with Crippen molar-refractivity contribution < 1.29 is 0 Å². The highest BCUT2D eigenvalue weighted by molar-refractivity contribution is 5.94. The average Bonchev–Trinajstić information content (AvgIpc) is 3.10. The van der Waals surface area contributed by atoms with Gasteiger partial charge >= 0.3 is 0 Å². The number of hydrogen-bond donors (Lipinski definition) is 2. The van der Waals surface area contributed by atoms with Crippen LogP contribution in [0.25, 0.3) is 11.0 Å². The molecule has 3 heterocycles. The molecule has 0 saturated heterocycles. The molecule has 4 rings (SSSR count). The second-order valence-electron chi connectivity index (χ2n) is 6.70. The third kappa shape index (κ3) is 2.16. The van der Waals surface area contributed by atoms with E-state index >= 15 is 0 Å². The van der Waals surface area contributed by atoms with Gasteiger partial charge in [0, 0.05) is 11.8 Å². The smallest absolute Gasteiger partial charge is 0.212 e. The standard InChI is InChI=1S/C16H19N7/c1-16(2,3)22-9-10(8-18-22)13-20-14(17)21-15-19-11-6-4-5-7-12(11)23(13)15/h4-9,13H,1-3H3,(H3,17,19,20,21). The largest absolute Gasteiger partial charge is 0.370 e. The van der Waals surface area contributed by atoms with E-state index < -0.39 is 0 Å². The minimum absolute atomic E-state index is 0.0831. The van der Waals surface area contributed by atoms with Crippen LogP contribution >= 0.6 is 0 Å². The lowest BCUT2D eigenvalue weighted by Crippen LogP contribution is -2.31. The minimum atomic E-state index is -0.269. The third-order valence-electron chi connectivity index (χ3n) is 3.93. The zero-order valence-corrected chi connectivity index (χ0v) is 13.4. The van der Waals surface area contributed by atoms with Gasteiger partial charge in [-0.15, -0.1) is 0 Å². The van der Waals surface area contributed by atoms with Crippen LogP contribution in [-0.2, 0) is 5.54 Å². The van der Waals surface area contributed by atoms with Crippen LogP contribution in [0.1, 0.15) is 32.5 Å². The quantitative estimate of drug-likeness (QED) is 0.722. The number of anilines is 1. The zero-order chi connectivity index (χ0) is 16.2. The molecule has 1 atom stereocenters. The molecule has 1 aliphatic rings. The Morgan fingerprint density at radius 2 is 2.00 bits per heavy atom. The first kappa shape index (κ1) is 13.8. The number of nitrogens with one attached hydrogen (secondary N) is 1. The maximum atomic E-state index is 5.95. The van der Waals surface area contributed by atoms with E-state index in [9.17, 15) is 0 Å². The van der Waals surface area contributed by atoms with Crippen molar-refractivity contribution in [2.45, 2.75) is 32.5 Å². The SMILES string of the molecule is CC(C)(C)n1cc(C2N=C(N)Nc3nc4ccccc4n32)cn1. The van der Waals surface area contributed by atoms with Gasteiger partial charge in [-0.2, -0.15) is 5.10 Å². The number of aliphatic imine (C=N–C) groups is 1. The predicted molar refractivity (Wildman–Crippen MR) is 90.3 cm³/mol. The summed E-state index contributed by atoms with van der Waals surface area (Å²) in [6.45, 7) is 6.34. The molecule has 0 bridgehead atoms. The summed E-state index contributed by atoms with van der Waals surface area (Å²) in [5.41, 5.74) is 8.77. The van der Waals surface area contributed by atoms with E-state index in [0.29, 0.717) is 11.9 Å².